The van der Waals surface area contributed by atoms with Crippen molar-refractivity contribution < 1.29 is 13.2 Å². The van der Waals surface area contributed by atoms with E-state index in [2.05, 4.69) is 15.6 Å². The van der Waals surface area contributed by atoms with Gasteiger partial charge in [-0.05, 0) is 38.1 Å². The molecule has 0 saturated carbocycles. The van der Waals surface area contributed by atoms with E-state index < -0.39 is 11.7 Å². The highest BCUT2D eigenvalue weighted by atomic mass is 19.4. The van der Waals surface area contributed by atoms with Gasteiger partial charge in [0.1, 0.15) is 5.82 Å². The van der Waals surface area contributed by atoms with Gasteiger partial charge in [-0.15, -0.1) is 0 Å². The topological polar surface area (TPSA) is 37.0 Å². The van der Waals surface area contributed by atoms with Crippen molar-refractivity contribution in [3.63, 3.8) is 0 Å². The maximum Gasteiger partial charge on any atom is 0.417 e. The number of pyridine rings is 1. The monoisotopic (exact) mass is 245 g/mol. The first-order valence-corrected chi connectivity index (χ1v) is 5.56. The fourth-order valence-corrected chi connectivity index (χ4v) is 1.82. The van der Waals surface area contributed by atoms with E-state index >= 15 is 0 Å². The fraction of sp³-hybridized carbons (Fsp3) is 0.545. The van der Waals surface area contributed by atoms with Crippen molar-refractivity contribution in [2.24, 2.45) is 0 Å². The average molecular weight is 245 g/mol. The molecule has 0 unspecified atom stereocenters. The zero-order valence-electron chi connectivity index (χ0n) is 9.22. The Hall–Kier alpha value is -1.30. The van der Waals surface area contributed by atoms with Crippen molar-refractivity contribution in [1.82, 2.24) is 10.3 Å². The van der Waals surface area contributed by atoms with E-state index in [4.69, 9.17) is 0 Å². The molecule has 2 N–H and O–H groups in total. The molecular weight excluding hydrogens is 231 g/mol. The van der Waals surface area contributed by atoms with Crippen LogP contribution in [0.5, 0.6) is 0 Å². The van der Waals surface area contributed by atoms with Gasteiger partial charge in [0.2, 0.25) is 0 Å². The van der Waals surface area contributed by atoms with Crippen LogP contribution < -0.4 is 10.6 Å². The molecule has 0 aliphatic carbocycles. The standard InChI is InChI=1S/C11H14F3N3/c12-11(13,14)8-1-2-10(16-7-8)17-9-3-5-15-6-4-9/h1-2,7,9,15H,3-6H2,(H,16,17). The van der Waals surface area contributed by atoms with E-state index in [-0.39, 0.29) is 0 Å². The number of hydrogen-bond acceptors (Lipinski definition) is 3. The van der Waals surface area contributed by atoms with E-state index in [1.807, 2.05) is 0 Å². The molecule has 0 spiro atoms. The first-order valence-electron chi connectivity index (χ1n) is 5.56. The Bertz CT molecular complexity index is 355. The number of aromatic nitrogens is 1. The normalized spacial score (nSPS) is 18.1. The Kier molecular flexibility index (Phi) is 3.51. The average Bonchev–Trinajstić information content (AvgIpc) is 2.30. The molecule has 1 aromatic heterocycles. The second-order valence-electron chi connectivity index (χ2n) is 4.10. The summed E-state index contributed by atoms with van der Waals surface area (Å²) in [6, 6.07) is 2.72. The summed E-state index contributed by atoms with van der Waals surface area (Å²) in [7, 11) is 0. The predicted molar refractivity (Wildman–Crippen MR) is 58.8 cm³/mol. The third kappa shape index (κ3) is 3.33. The van der Waals surface area contributed by atoms with Crippen LogP contribution >= 0.6 is 0 Å². The van der Waals surface area contributed by atoms with Crippen molar-refractivity contribution >= 4 is 5.82 Å². The molecule has 1 aliphatic heterocycles. The van der Waals surface area contributed by atoms with Crippen molar-refractivity contribution in [2.45, 2.75) is 25.1 Å². The van der Waals surface area contributed by atoms with Crippen LogP contribution in [0, 0.1) is 0 Å². The summed E-state index contributed by atoms with van der Waals surface area (Å²) >= 11 is 0. The van der Waals surface area contributed by atoms with Gasteiger partial charge in [0.25, 0.3) is 0 Å². The van der Waals surface area contributed by atoms with Crippen LogP contribution in [0.3, 0.4) is 0 Å². The molecule has 17 heavy (non-hydrogen) atoms. The van der Waals surface area contributed by atoms with Gasteiger partial charge in [-0.3, -0.25) is 0 Å². The highest BCUT2D eigenvalue weighted by Gasteiger charge is 2.30. The molecule has 0 atom stereocenters. The van der Waals surface area contributed by atoms with Crippen LogP contribution in [0.25, 0.3) is 0 Å². The van der Waals surface area contributed by atoms with Crippen LogP contribution in [-0.2, 0) is 6.18 Å². The smallest absolute Gasteiger partial charge is 0.367 e. The maximum atomic E-state index is 12.3. The second kappa shape index (κ2) is 4.91. The van der Waals surface area contributed by atoms with E-state index in [1.54, 1.807) is 0 Å². The van der Waals surface area contributed by atoms with E-state index in [0.29, 0.717) is 11.9 Å². The van der Waals surface area contributed by atoms with E-state index in [1.165, 1.54) is 6.07 Å². The first-order chi connectivity index (χ1) is 8.05. The summed E-state index contributed by atoms with van der Waals surface area (Å²) in [5.41, 5.74) is -0.714. The van der Waals surface area contributed by atoms with Crippen LogP contribution in [0.2, 0.25) is 0 Å². The van der Waals surface area contributed by atoms with Crippen molar-refractivity contribution in [3.8, 4) is 0 Å². The number of halogens is 3. The molecule has 3 nitrogen and oxygen atoms in total. The number of alkyl halides is 3. The molecule has 0 amide bonds. The van der Waals surface area contributed by atoms with Gasteiger partial charge in [0.05, 0.1) is 5.56 Å². The number of nitrogens with one attached hydrogen (secondary N) is 2. The van der Waals surface area contributed by atoms with Gasteiger partial charge in [-0.25, -0.2) is 4.98 Å². The fourth-order valence-electron chi connectivity index (χ4n) is 1.82. The van der Waals surface area contributed by atoms with Crippen LogP contribution in [0.15, 0.2) is 18.3 Å². The largest absolute Gasteiger partial charge is 0.417 e. The van der Waals surface area contributed by atoms with Gasteiger partial charge in [-0.1, -0.05) is 0 Å². The maximum absolute atomic E-state index is 12.3. The lowest BCUT2D eigenvalue weighted by molar-refractivity contribution is -0.137. The Morgan fingerprint density at radius 3 is 2.47 bits per heavy atom. The Balaban J connectivity index is 1.98. The summed E-state index contributed by atoms with van der Waals surface area (Å²) in [4.78, 5) is 3.79. The van der Waals surface area contributed by atoms with Crippen LogP contribution in [0.4, 0.5) is 19.0 Å². The molecule has 2 heterocycles. The lowest BCUT2D eigenvalue weighted by Crippen LogP contribution is -2.35. The Labute approximate surface area is 97.4 Å². The molecular formula is C11H14F3N3. The first kappa shape index (κ1) is 12.2. The quantitative estimate of drug-likeness (QED) is 0.839. The van der Waals surface area contributed by atoms with Gasteiger partial charge in [0.15, 0.2) is 0 Å². The lowest BCUT2D eigenvalue weighted by Gasteiger charge is -2.24. The van der Waals surface area contributed by atoms with Crippen molar-refractivity contribution in [1.29, 1.82) is 0 Å². The van der Waals surface area contributed by atoms with Gasteiger partial charge in [-0.2, -0.15) is 13.2 Å². The number of hydrogen-bond donors (Lipinski definition) is 2. The zero-order chi connectivity index (χ0) is 12.3. The molecule has 2 rings (SSSR count). The number of piperidine rings is 1. The van der Waals surface area contributed by atoms with Crippen molar-refractivity contribution in [2.75, 3.05) is 18.4 Å². The zero-order valence-corrected chi connectivity index (χ0v) is 9.22. The molecule has 1 fully saturated rings. The third-order valence-electron chi connectivity index (χ3n) is 2.78. The molecule has 0 radical (unpaired) electrons. The summed E-state index contributed by atoms with van der Waals surface area (Å²) in [6.45, 7) is 1.86. The van der Waals surface area contributed by atoms with Crippen LogP contribution in [0.1, 0.15) is 18.4 Å². The molecule has 0 bridgehead atoms. The SMILES string of the molecule is FC(F)(F)c1ccc(NC2CCNCC2)nc1. The highest BCUT2D eigenvalue weighted by molar-refractivity contribution is 5.37. The minimum Gasteiger partial charge on any atom is -0.367 e. The summed E-state index contributed by atoms with van der Waals surface area (Å²) in [6.07, 6.45) is -1.53. The molecule has 1 aromatic rings. The van der Waals surface area contributed by atoms with Gasteiger partial charge in [0, 0.05) is 12.2 Å². The van der Waals surface area contributed by atoms with E-state index in [0.717, 1.165) is 38.2 Å². The van der Waals surface area contributed by atoms with Crippen LogP contribution in [-0.4, -0.2) is 24.1 Å². The lowest BCUT2D eigenvalue weighted by atomic mass is 10.1. The minimum absolute atomic E-state index is 0.292. The molecule has 6 heteroatoms. The molecule has 94 valence electrons. The minimum atomic E-state index is -4.32. The molecule has 1 aliphatic rings. The Morgan fingerprint density at radius 2 is 1.94 bits per heavy atom. The van der Waals surface area contributed by atoms with Gasteiger partial charge < -0.3 is 10.6 Å². The second-order valence-corrected chi connectivity index (χ2v) is 4.10. The number of anilines is 1. The van der Waals surface area contributed by atoms with Crippen molar-refractivity contribution in [3.05, 3.63) is 23.9 Å². The summed E-state index contributed by atoms with van der Waals surface area (Å²) < 4.78 is 36.9. The van der Waals surface area contributed by atoms with Gasteiger partial charge >= 0.3 is 6.18 Å². The third-order valence-corrected chi connectivity index (χ3v) is 2.78. The summed E-state index contributed by atoms with van der Waals surface area (Å²) in [5, 5.41) is 6.36. The predicted octanol–water partition coefficient (Wildman–Crippen LogP) is 2.26. The highest BCUT2D eigenvalue weighted by Crippen LogP contribution is 2.29. The number of nitrogens with zero attached hydrogens (tertiary/aromatic N) is 1. The molecule has 1 saturated heterocycles. The molecule has 0 aromatic carbocycles. The number of rotatable bonds is 2. The van der Waals surface area contributed by atoms with E-state index in [9.17, 15) is 13.2 Å². The Morgan fingerprint density at radius 1 is 1.24 bits per heavy atom. The summed E-state index contributed by atoms with van der Waals surface area (Å²) in [5.74, 6) is 0.505.